The minimum absolute atomic E-state index is 0. The molecule has 0 aliphatic rings. The van der Waals surface area contributed by atoms with Gasteiger partial charge < -0.3 is 9.64 Å². The summed E-state index contributed by atoms with van der Waals surface area (Å²) in [7, 11) is -1.97. The van der Waals surface area contributed by atoms with Gasteiger partial charge in [0.2, 0.25) is 0 Å². The van der Waals surface area contributed by atoms with Gasteiger partial charge in [0, 0.05) is 13.1 Å². The summed E-state index contributed by atoms with van der Waals surface area (Å²) in [4.78, 5) is 22.3. The molecule has 3 rings (SSSR count). The Hall–Kier alpha value is -2.20. The Morgan fingerprint density at radius 1 is 1.03 bits per heavy atom. The number of para-hydroxylation sites is 1. The highest BCUT2D eigenvalue weighted by molar-refractivity contribution is 7.91. The standard InChI is InChI=1S/C23H29N3O4S2.ClH/c1-5-25(6-2)15-16-26(23-24-21-18(30-4)12-10-13-19(21)31-23)22(27)17-11-8-9-14-20(17)32(28,29)7-3;/h8-14H,5-7,15-16H2,1-4H3;1H. The number of likely N-dealkylation sites (N-methyl/N-ethyl adjacent to an activating group) is 1. The molecular weight excluding hydrogens is 482 g/mol. The van der Waals surface area contributed by atoms with E-state index in [1.165, 1.54) is 17.4 Å². The third-order valence-electron chi connectivity index (χ3n) is 5.43. The summed E-state index contributed by atoms with van der Waals surface area (Å²) in [5, 5.41) is 0.519. The number of aromatic nitrogens is 1. The van der Waals surface area contributed by atoms with Crippen molar-refractivity contribution in [3.05, 3.63) is 48.0 Å². The molecular formula is C23H30ClN3O4S2. The number of halogens is 1. The maximum atomic E-state index is 13.7. The topological polar surface area (TPSA) is 79.8 Å². The van der Waals surface area contributed by atoms with Gasteiger partial charge in [0.15, 0.2) is 15.0 Å². The van der Waals surface area contributed by atoms with Crippen molar-refractivity contribution in [1.29, 1.82) is 0 Å². The summed E-state index contributed by atoms with van der Waals surface area (Å²) in [6.07, 6.45) is 0. The van der Waals surface area contributed by atoms with Crippen LogP contribution in [-0.4, -0.2) is 63.3 Å². The lowest BCUT2D eigenvalue weighted by Crippen LogP contribution is -2.39. The average molecular weight is 512 g/mol. The quantitative estimate of drug-likeness (QED) is 0.398. The first kappa shape index (κ1) is 27.0. The smallest absolute Gasteiger partial charge is 0.261 e. The summed E-state index contributed by atoms with van der Waals surface area (Å²) in [6.45, 7) is 8.47. The van der Waals surface area contributed by atoms with Crippen LogP contribution in [0, 0.1) is 0 Å². The number of hydrogen-bond acceptors (Lipinski definition) is 7. The average Bonchev–Trinajstić information content (AvgIpc) is 3.25. The van der Waals surface area contributed by atoms with E-state index in [2.05, 4.69) is 18.7 Å². The maximum absolute atomic E-state index is 13.7. The number of carbonyl (C=O) groups excluding carboxylic acids is 1. The van der Waals surface area contributed by atoms with Gasteiger partial charge in [-0.15, -0.1) is 12.4 Å². The molecule has 0 aliphatic carbocycles. The molecule has 1 aromatic heterocycles. The molecule has 10 heteroatoms. The Bertz CT molecular complexity index is 1190. The van der Waals surface area contributed by atoms with Gasteiger partial charge in [-0.25, -0.2) is 13.4 Å². The molecule has 0 radical (unpaired) electrons. The van der Waals surface area contributed by atoms with Crippen molar-refractivity contribution >= 4 is 54.8 Å². The first-order valence-electron chi connectivity index (χ1n) is 10.7. The van der Waals surface area contributed by atoms with Gasteiger partial charge in [-0.1, -0.05) is 50.3 Å². The van der Waals surface area contributed by atoms with E-state index >= 15 is 0 Å². The fraction of sp³-hybridized carbons (Fsp3) is 0.391. The molecule has 0 saturated heterocycles. The predicted octanol–water partition coefficient (Wildman–Crippen LogP) is 4.51. The lowest BCUT2D eigenvalue weighted by atomic mass is 10.2. The molecule has 7 nitrogen and oxygen atoms in total. The number of nitrogens with zero attached hydrogens (tertiary/aromatic N) is 3. The number of methoxy groups -OCH3 is 1. The van der Waals surface area contributed by atoms with E-state index in [1.54, 1.807) is 37.1 Å². The predicted molar refractivity (Wildman–Crippen MR) is 137 cm³/mol. The van der Waals surface area contributed by atoms with E-state index in [0.717, 1.165) is 17.8 Å². The largest absolute Gasteiger partial charge is 0.494 e. The summed E-state index contributed by atoms with van der Waals surface area (Å²) in [5.74, 6) is 0.188. The highest BCUT2D eigenvalue weighted by atomic mass is 35.5. The lowest BCUT2D eigenvalue weighted by Gasteiger charge is -2.25. The summed E-state index contributed by atoms with van der Waals surface area (Å²) < 4.78 is 31.6. The number of fused-ring (bicyclic) bond motifs is 1. The van der Waals surface area contributed by atoms with E-state index in [1.807, 2.05) is 18.2 Å². The van der Waals surface area contributed by atoms with Gasteiger partial charge in [-0.2, -0.15) is 0 Å². The fourth-order valence-corrected chi connectivity index (χ4v) is 5.57. The first-order valence-corrected chi connectivity index (χ1v) is 13.1. The molecule has 3 aromatic rings. The molecule has 0 spiro atoms. The molecule has 33 heavy (non-hydrogen) atoms. The molecule has 0 unspecified atom stereocenters. The van der Waals surface area contributed by atoms with Crippen molar-refractivity contribution in [1.82, 2.24) is 9.88 Å². The third kappa shape index (κ3) is 5.84. The number of rotatable bonds is 10. The van der Waals surface area contributed by atoms with Gasteiger partial charge >= 0.3 is 0 Å². The highest BCUT2D eigenvalue weighted by Crippen LogP contribution is 2.35. The zero-order valence-electron chi connectivity index (χ0n) is 19.3. The van der Waals surface area contributed by atoms with Gasteiger partial charge in [-0.05, 0) is 37.4 Å². The normalized spacial score (nSPS) is 11.4. The van der Waals surface area contributed by atoms with Crippen molar-refractivity contribution in [2.24, 2.45) is 0 Å². The van der Waals surface area contributed by atoms with Crippen LogP contribution in [0.25, 0.3) is 10.2 Å². The van der Waals surface area contributed by atoms with Crippen LogP contribution in [-0.2, 0) is 9.84 Å². The van der Waals surface area contributed by atoms with Crippen molar-refractivity contribution in [3.8, 4) is 5.75 Å². The molecule has 1 amide bonds. The molecule has 0 fully saturated rings. The first-order chi connectivity index (χ1) is 15.4. The number of anilines is 1. The van der Waals surface area contributed by atoms with E-state index in [-0.39, 0.29) is 34.5 Å². The number of hydrogen-bond donors (Lipinski definition) is 0. The van der Waals surface area contributed by atoms with Gasteiger partial charge in [0.25, 0.3) is 5.91 Å². The molecule has 1 heterocycles. The van der Waals surface area contributed by atoms with Gasteiger partial charge in [0.1, 0.15) is 11.3 Å². The number of amides is 1. The molecule has 0 saturated carbocycles. The van der Waals surface area contributed by atoms with Crippen LogP contribution in [0.4, 0.5) is 5.13 Å². The number of thiazole rings is 1. The van der Waals surface area contributed by atoms with E-state index in [0.29, 0.717) is 29.5 Å². The minimum atomic E-state index is -3.56. The maximum Gasteiger partial charge on any atom is 0.261 e. The van der Waals surface area contributed by atoms with E-state index in [9.17, 15) is 13.2 Å². The zero-order valence-corrected chi connectivity index (χ0v) is 21.7. The minimum Gasteiger partial charge on any atom is -0.494 e. The summed E-state index contributed by atoms with van der Waals surface area (Å²) in [5.41, 5.74) is 0.852. The Labute approximate surface area is 205 Å². The zero-order chi connectivity index (χ0) is 23.3. The number of sulfone groups is 1. The second-order valence-corrected chi connectivity index (χ2v) is 10.4. The van der Waals surface area contributed by atoms with Crippen molar-refractivity contribution in [2.75, 3.05) is 43.9 Å². The number of benzene rings is 2. The van der Waals surface area contributed by atoms with E-state index < -0.39 is 9.84 Å². The Kier molecular flexibility index (Phi) is 9.66. The monoisotopic (exact) mass is 511 g/mol. The molecule has 180 valence electrons. The SMILES string of the molecule is CCN(CC)CCN(C(=O)c1ccccc1S(=O)(=O)CC)c1nc2c(OC)cccc2s1.Cl. The van der Waals surface area contributed by atoms with Crippen LogP contribution in [0.15, 0.2) is 47.4 Å². The Morgan fingerprint density at radius 2 is 1.73 bits per heavy atom. The molecule has 0 aliphatic heterocycles. The summed E-state index contributed by atoms with van der Waals surface area (Å²) in [6, 6.07) is 12.0. The summed E-state index contributed by atoms with van der Waals surface area (Å²) >= 11 is 1.39. The number of ether oxygens (including phenoxy) is 1. The lowest BCUT2D eigenvalue weighted by molar-refractivity contribution is 0.0980. The van der Waals surface area contributed by atoms with Gasteiger partial charge in [0.05, 0.1) is 28.0 Å². The highest BCUT2D eigenvalue weighted by Gasteiger charge is 2.27. The van der Waals surface area contributed by atoms with Crippen LogP contribution in [0.1, 0.15) is 31.1 Å². The molecule has 0 atom stereocenters. The molecule has 2 aromatic carbocycles. The molecule has 0 N–H and O–H groups in total. The second-order valence-electron chi connectivity index (χ2n) is 7.19. The molecule has 0 bridgehead atoms. The number of carbonyl (C=O) groups is 1. The van der Waals surface area contributed by atoms with E-state index in [4.69, 9.17) is 9.72 Å². The van der Waals surface area contributed by atoms with Gasteiger partial charge in [-0.3, -0.25) is 9.69 Å². The van der Waals surface area contributed by atoms with Crippen molar-refractivity contribution in [2.45, 2.75) is 25.7 Å². The van der Waals surface area contributed by atoms with Crippen molar-refractivity contribution in [3.63, 3.8) is 0 Å². The van der Waals surface area contributed by atoms with Crippen LogP contribution in [0.2, 0.25) is 0 Å². The second kappa shape index (κ2) is 11.8. The van der Waals surface area contributed by atoms with Crippen LogP contribution >= 0.6 is 23.7 Å². The third-order valence-corrected chi connectivity index (χ3v) is 8.26. The fourth-order valence-electron chi connectivity index (χ4n) is 3.47. The van der Waals surface area contributed by atoms with Crippen LogP contribution < -0.4 is 9.64 Å². The Balaban J connectivity index is 0.00000385. The van der Waals surface area contributed by atoms with Crippen molar-refractivity contribution < 1.29 is 17.9 Å². The van der Waals surface area contributed by atoms with Crippen LogP contribution in [0.3, 0.4) is 0 Å². The Morgan fingerprint density at radius 3 is 2.36 bits per heavy atom. The van der Waals surface area contributed by atoms with Crippen LogP contribution in [0.5, 0.6) is 5.75 Å².